The van der Waals surface area contributed by atoms with E-state index in [0.717, 1.165) is 35.3 Å². The second-order valence-corrected chi connectivity index (χ2v) is 6.39. The molecule has 1 aromatic heterocycles. The molecule has 0 aliphatic heterocycles. The molecule has 0 spiro atoms. The van der Waals surface area contributed by atoms with Crippen LogP contribution in [-0.2, 0) is 7.05 Å². The molecule has 2 saturated carbocycles. The van der Waals surface area contributed by atoms with Gasteiger partial charge in [0, 0.05) is 37.8 Å². The van der Waals surface area contributed by atoms with E-state index in [1.54, 1.807) is 0 Å². The Hall–Kier alpha value is -0.480. The molecule has 2 fully saturated rings. The first-order chi connectivity index (χ1) is 8.34. The molecule has 3 nitrogen and oxygen atoms in total. The first-order valence-electron chi connectivity index (χ1n) is 6.68. The number of rotatable bonds is 7. The summed E-state index contributed by atoms with van der Waals surface area (Å²) in [6.07, 6.45) is 9.71. The van der Waals surface area contributed by atoms with Crippen LogP contribution in [0.25, 0.3) is 0 Å². The van der Waals surface area contributed by atoms with E-state index in [-0.39, 0.29) is 0 Å². The maximum Gasteiger partial charge on any atom is 0.167 e. The number of hydrogen-bond acceptors (Lipinski definition) is 3. The van der Waals surface area contributed by atoms with Crippen molar-refractivity contribution in [1.29, 1.82) is 0 Å². The summed E-state index contributed by atoms with van der Waals surface area (Å²) in [5.41, 5.74) is 0. The quantitative estimate of drug-likeness (QED) is 0.595. The van der Waals surface area contributed by atoms with Crippen molar-refractivity contribution in [2.24, 2.45) is 18.9 Å². The SMILES string of the molecule is Cn1ccnc1SCCNC(C1CC1)C1CC1. The Morgan fingerprint density at radius 3 is 2.65 bits per heavy atom. The molecule has 2 aliphatic carbocycles. The summed E-state index contributed by atoms with van der Waals surface area (Å²) in [5, 5.41) is 4.89. The average Bonchev–Trinajstić information content (AvgIpc) is 3.21. The second-order valence-electron chi connectivity index (χ2n) is 5.32. The molecule has 1 N–H and O–H groups in total. The van der Waals surface area contributed by atoms with E-state index in [1.165, 1.54) is 25.7 Å². The van der Waals surface area contributed by atoms with Gasteiger partial charge in [-0.3, -0.25) is 0 Å². The molecular formula is C13H21N3S. The molecule has 0 radical (unpaired) electrons. The van der Waals surface area contributed by atoms with E-state index in [4.69, 9.17) is 0 Å². The van der Waals surface area contributed by atoms with Crippen LogP contribution < -0.4 is 5.32 Å². The van der Waals surface area contributed by atoms with E-state index in [9.17, 15) is 0 Å². The molecule has 1 heterocycles. The van der Waals surface area contributed by atoms with E-state index >= 15 is 0 Å². The van der Waals surface area contributed by atoms with E-state index in [1.807, 2.05) is 24.2 Å². The van der Waals surface area contributed by atoms with Crippen LogP contribution in [0.2, 0.25) is 0 Å². The molecule has 0 atom stereocenters. The number of imidazole rings is 1. The Bertz CT molecular complexity index is 356. The van der Waals surface area contributed by atoms with Crippen LogP contribution in [0.5, 0.6) is 0 Å². The smallest absolute Gasteiger partial charge is 0.167 e. The van der Waals surface area contributed by atoms with Crippen LogP contribution in [0.1, 0.15) is 25.7 Å². The van der Waals surface area contributed by atoms with E-state index in [2.05, 4.69) is 21.9 Å². The number of nitrogens with zero attached hydrogens (tertiary/aromatic N) is 2. The highest BCUT2D eigenvalue weighted by molar-refractivity contribution is 7.99. The van der Waals surface area contributed by atoms with Gasteiger partial charge < -0.3 is 9.88 Å². The summed E-state index contributed by atoms with van der Waals surface area (Å²) >= 11 is 1.85. The van der Waals surface area contributed by atoms with Crippen LogP contribution in [0.4, 0.5) is 0 Å². The van der Waals surface area contributed by atoms with Crippen molar-refractivity contribution in [2.45, 2.75) is 36.9 Å². The monoisotopic (exact) mass is 251 g/mol. The predicted molar refractivity (Wildman–Crippen MR) is 71.2 cm³/mol. The maximum atomic E-state index is 4.33. The minimum absolute atomic E-state index is 0.831. The lowest BCUT2D eigenvalue weighted by molar-refractivity contribution is 0.429. The summed E-state index contributed by atoms with van der Waals surface area (Å²) < 4.78 is 2.09. The minimum Gasteiger partial charge on any atom is -0.329 e. The summed E-state index contributed by atoms with van der Waals surface area (Å²) in [6.45, 7) is 1.12. The lowest BCUT2D eigenvalue weighted by atomic mass is 10.1. The molecule has 2 aliphatic rings. The summed E-state index contributed by atoms with van der Waals surface area (Å²) in [5.74, 6) is 3.13. The second kappa shape index (κ2) is 5.02. The molecule has 4 heteroatoms. The third-order valence-electron chi connectivity index (χ3n) is 3.75. The topological polar surface area (TPSA) is 29.9 Å². The van der Waals surface area contributed by atoms with Crippen molar-refractivity contribution in [3.05, 3.63) is 12.4 Å². The number of nitrogens with one attached hydrogen (secondary N) is 1. The zero-order valence-electron chi connectivity index (χ0n) is 10.4. The molecule has 0 aromatic carbocycles. The third kappa shape index (κ3) is 3.05. The van der Waals surface area contributed by atoms with E-state index < -0.39 is 0 Å². The summed E-state index contributed by atoms with van der Waals surface area (Å²) in [7, 11) is 2.06. The molecular weight excluding hydrogens is 230 g/mol. The normalized spacial score (nSPS) is 20.1. The standard InChI is InChI=1S/C13H21N3S/c1-16-8-6-15-13(16)17-9-7-14-12(10-2-3-10)11-4-5-11/h6,8,10-12,14H,2-5,7,9H2,1H3. The molecule has 1 aromatic rings. The highest BCUT2D eigenvalue weighted by atomic mass is 32.2. The predicted octanol–water partition coefficient (Wildman–Crippen LogP) is 2.29. The van der Waals surface area contributed by atoms with Gasteiger partial charge in [0.05, 0.1) is 0 Å². The van der Waals surface area contributed by atoms with Gasteiger partial charge in [-0.1, -0.05) is 11.8 Å². The molecule has 0 bridgehead atoms. The molecule has 0 unspecified atom stereocenters. The Balaban J connectivity index is 1.38. The molecule has 0 amide bonds. The van der Waals surface area contributed by atoms with Crippen molar-refractivity contribution in [1.82, 2.24) is 14.9 Å². The lowest BCUT2D eigenvalue weighted by Gasteiger charge is -2.17. The van der Waals surface area contributed by atoms with Gasteiger partial charge in [0.1, 0.15) is 0 Å². The van der Waals surface area contributed by atoms with Gasteiger partial charge in [-0.25, -0.2) is 4.98 Å². The van der Waals surface area contributed by atoms with Crippen LogP contribution in [0, 0.1) is 11.8 Å². The van der Waals surface area contributed by atoms with Crippen molar-refractivity contribution < 1.29 is 0 Å². The average molecular weight is 251 g/mol. The van der Waals surface area contributed by atoms with Gasteiger partial charge in [-0.05, 0) is 37.5 Å². The number of aromatic nitrogens is 2. The summed E-state index contributed by atoms with van der Waals surface area (Å²) in [6, 6.07) is 0.831. The highest BCUT2D eigenvalue weighted by Crippen LogP contribution is 2.44. The van der Waals surface area contributed by atoms with Gasteiger partial charge >= 0.3 is 0 Å². The third-order valence-corrected chi connectivity index (χ3v) is 4.81. The van der Waals surface area contributed by atoms with E-state index in [0.29, 0.717) is 0 Å². The number of aryl methyl sites for hydroxylation is 1. The summed E-state index contributed by atoms with van der Waals surface area (Å²) in [4.78, 5) is 4.33. The lowest BCUT2D eigenvalue weighted by Crippen LogP contribution is -2.34. The van der Waals surface area contributed by atoms with Gasteiger partial charge in [0.25, 0.3) is 0 Å². The van der Waals surface area contributed by atoms with Gasteiger partial charge in [-0.15, -0.1) is 0 Å². The Morgan fingerprint density at radius 1 is 1.41 bits per heavy atom. The molecule has 94 valence electrons. The van der Waals surface area contributed by atoms with Crippen LogP contribution in [-0.4, -0.2) is 27.9 Å². The largest absolute Gasteiger partial charge is 0.329 e. The molecule has 17 heavy (non-hydrogen) atoms. The Labute approximate surface area is 107 Å². The fourth-order valence-corrected chi connectivity index (χ4v) is 3.29. The van der Waals surface area contributed by atoms with Gasteiger partial charge in [0.15, 0.2) is 5.16 Å². The minimum atomic E-state index is 0.831. The Morgan fingerprint density at radius 2 is 2.12 bits per heavy atom. The van der Waals surface area contributed by atoms with Crippen molar-refractivity contribution in [3.63, 3.8) is 0 Å². The van der Waals surface area contributed by atoms with Gasteiger partial charge in [-0.2, -0.15) is 0 Å². The zero-order chi connectivity index (χ0) is 11.7. The molecule has 3 rings (SSSR count). The van der Waals surface area contributed by atoms with Crippen LogP contribution in [0.3, 0.4) is 0 Å². The van der Waals surface area contributed by atoms with Crippen molar-refractivity contribution >= 4 is 11.8 Å². The fourth-order valence-electron chi connectivity index (χ4n) is 2.49. The maximum absolute atomic E-state index is 4.33. The first kappa shape index (κ1) is 11.6. The number of hydrogen-bond donors (Lipinski definition) is 1. The number of thioether (sulfide) groups is 1. The fraction of sp³-hybridized carbons (Fsp3) is 0.769. The molecule has 0 saturated heterocycles. The van der Waals surface area contributed by atoms with Crippen molar-refractivity contribution in [3.8, 4) is 0 Å². The zero-order valence-corrected chi connectivity index (χ0v) is 11.2. The van der Waals surface area contributed by atoms with Gasteiger partial charge in [0.2, 0.25) is 0 Å². The Kier molecular flexibility index (Phi) is 3.43. The highest BCUT2D eigenvalue weighted by Gasteiger charge is 2.40. The van der Waals surface area contributed by atoms with Crippen molar-refractivity contribution in [2.75, 3.05) is 12.3 Å². The first-order valence-corrected chi connectivity index (χ1v) is 7.66. The van der Waals surface area contributed by atoms with Crippen LogP contribution >= 0.6 is 11.8 Å². The van der Waals surface area contributed by atoms with Crippen LogP contribution in [0.15, 0.2) is 17.6 Å².